The van der Waals surface area contributed by atoms with Crippen molar-refractivity contribution in [1.29, 1.82) is 0 Å². The van der Waals surface area contributed by atoms with Gasteiger partial charge in [0.05, 0.1) is 37.0 Å². The summed E-state index contributed by atoms with van der Waals surface area (Å²) < 4.78 is 12.2. The number of aryl methyl sites for hydroxylation is 1. The van der Waals surface area contributed by atoms with E-state index >= 15 is 0 Å². The zero-order chi connectivity index (χ0) is 33.1. The fourth-order valence-corrected chi connectivity index (χ4v) is 6.52. The lowest BCUT2D eigenvalue weighted by molar-refractivity contribution is -0.120. The number of anilines is 1. The highest BCUT2D eigenvalue weighted by atomic mass is 32.2. The molecule has 242 valence electrons. The molecule has 0 saturated carbocycles. The molecule has 4 aromatic rings. The summed E-state index contributed by atoms with van der Waals surface area (Å²) in [5, 5.41) is 14.5. The molecule has 2 N–H and O–H groups in total. The zero-order valence-electron chi connectivity index (χ0n) is 26.2. The van der Waals surface area contributed by atoms with Gasteiger partial charge in [0.1, 0.15) is 9.88 Å². The third-order valence-corrected chi connectivity index (χ3v) is 9.15. The Balaban J connectivity index is 1.51. The van der Waals surface area contributed by atoms with Gasteiger partial charge in [-0.25, -0.2) is 9.59 Å². The summed E-state index contributed by atoms with van der Waals surface area (Å²) in [5.74, 6) is -1.19. The Kier molecular flexibility index (Phi) is 12.5. The van der Waals surface area contributed by atoms with Crippen LogP contribution in [0.1, 0.15) is 63.3 Å². The molecule has 11 nitrogen and oxygen atoms in total. The van der Waals surface area contributed by atoms with Gasteiger partial charge in [-0.1, -0.05) is 72.4 Å². The molecule has 0 aliphatic rings. The number of hydrogen-bond acceptors (Lipinski definition) is 10. The number of carbonyl (C=O) groups excluding carboxylic acids is 4. The van der Waals surface area contributed by atoms with E-state index in [4.69, 9.17) is 9.47 Å². The number of rotatable bonds is 15. The molecular weight excluding hydrogens is 627 g/mol. The van der Waals surface area contributed by atoms with Crippen molar-refractivity contribution in [2.24, 2.45) is 0 Å². The number of carbonyl (C=O) groups is 4. The van der Waals surface area contributed by atoms with Gasteiger partial charge >= 0.3 is 11.9 Å². The third kappa shape index (κ3) is 9.04. The summed E-state index contributed by atoms with van der Waals surface area (Å²) in [6.07, 6.45) is 0.928. The minimum absolute atomic E-state index is 0.125. The average molecular weight is 664 g/mol. The van der Waals surface area contributed by atoms with Crippen LogP contribution in [0.25, 0.3) is 0 Å². The second kappa shape index (κ2) is 16.7. The lowest BCUT2D eigenvalue weighted by Gasteiger charge is -2.14. The number of benzene rings is 2. The van der Waals surface area contributed by atoms with E-state index < -0.39 is 23.1 Å². The Morgan fingerprint density at radius 2 is 1.54 bits per heavy atom. The molecule has 0 saturated heterocycles. The molecule has 2 aromatic heterocycles. The van der Waals surface area contributed by atoms with Gasteiger partial charge in [-0.15, -0.1) is 21.5 Å². The molecule has 1 unspecified atom stereocenters. The maximum atomic E-state index is 13.4. The fraction of sp³-hybridized carbons (Fsp3) is 0.333. The Morgan fingerprint density at radius 1 is 0.913 bits per heavy atom. The van der Waals surface area contributed by atoms with E-state index in [1.54, 1.807) is 27.7 Å². The van der Waals surface area contributed by atoms with E-state index in [-0.39, 0.29) is 47.5 Å². The van der Waals surface area contributed by atoms with Crippen LogP contribution >= 0.6 is 23.1 Å². The van der Waals surface area contributed by atoms with Crippen molar-refractivity contribution in [3.8, 4) is 0 Å². The molecule has 2 amide bonds. The van der Waals surface area contributed by atoms with Gasteiger partial charge in [0.2, 0.25) is 11.8 Å². The normalized spacial score (nSPS) is 11.5. The zero-order valence-corrected chi connectivity index (χ0v) is 27.8. The number of nitrogens with zero attached hydrogens (tertiary/aromatic N) is 3. The maximum Gasteiger partial charge on any atom is 0.348 e. The molecule has 0 aliphatic heterocycles. The minimum Gasteiger partial charge on any atom is -0.462 e. The van der Waals surface area contributed by atoms with E-state index in [0.717, 1.165) is 22.5 Å². The molecule has 0 spiro atoms. The minimum atomic E-state index is -0.663. The van der Waals surface area contributed by atoms with Crippen LogP contribution in [0, 0.1) is 6.92 Å². The third-order valence-electron chi connectivity index (χ3n) is 6.89. The largest absolute Gasteiger partial charge is 0.462 e. The van der Waals surface area contributed by atoms with Crippen molar-refractivity contribution in [2.45, 2.75) is 64.0 Å². The number of aromatic nitrogens is 3. The van der Waals surface area contributed by atoms with Crippen LogP contribution in [0.2, 0.25) is 0 Å². The van der Waals surface area contributed by atoms with Gasteiger partial charge in [-0.3, -0.25) is 9.59 Å². The Morgan fingerprint density at radius 3 is 2.20 bits per heavy atom. The maximum absolute atomic E-state index is 13.4. The Labute approximate surface area is 276 Å². The van der Waals surface area contributed by atoms with Crippen molar-refractivity contribution in [3.05, 3.63) is 93.6 Å². The first kappa shape index (κ1) is 34.4. The number of hydrogen-bond donors (Lipinski definition) is 2. The number of thiophene rings is 1. The molecule has 2 heterocycles. The van der Waals surface area contributed by atoms with Crippen LogP contribution in [0.3, 0.4) is 0 Å². The topological polar surface area (TPSA) is 142 Å². The van der Waals surface area contributed by atoms with Crippen molar-refractivity contribution >= 4 is 51.9 Å². The Hall–Kier alpha value is -4.49. The van der Waals surface area contributed by atoms with E-state index in [9.17, 15) is 19.2 Å². The first-order valence-corrected chi connectivity index (χ1v) is 16.6. The molecule has 0 radical (unpaired) electrons. The van der Waals surface area contributed by atoms with Crippen LogP contribution in [-0.4, -0.2) is 57.0 Å². The van der Waals surface area contributed by atoms with Crippen molar-refractivity contribution < 1.29 is 28.7 Å². The lowest BCUT2D eigenvalue weighted by atomic mass is 10.1. The molecule has 13 heteroatoms. The van der Waals surface area contributed by atoms with E-state index in [1.807, 2.05) is 65.2 Å². The van der Waals surface area contributed by atoms with Crippen LogP contribution in [0.4, 0.5) is 5.00 Å². The van der Waals surface area contributed by atoms with Crippen molar-refractivity contribution in [2.75, 3.05) is 18.5 Å². The lowest BCUT2D eigenvalue weighted by Crippen LogP contribution is -2.27. The standard InChI is InChI=1S/C33H37N5O6S2/c1-5-43-31(41)27-21(3)28(32(42)44-6-2)46-30(27)35-29(40)22(4)45-33-37-36-25(38(33)18-17-23-13-9-7-10-14-23)20-34-26(39)19-24-15-11-8-12-16-24/h7-16,22H,5-6,17-20H2,1-4H3,(H,34,39)(H,35,40). The van der Waals surface area contributed by atoms with Crippen LogP contribution in [0.5, 0.6) is 0 Å². The molecule has 2 aromatic carbocycles. The fourth-order valence-electron chi connectivity index (χ4n) is 4.54. The van der Waals surface area contributed by atoms with Crippen LogP contribution in [-0.2, 0) is 45.0 Å². The summed E-state index contributed by atoms with van der Waals surface area (Å²) in [6.45, 7) is 7.71. The Bertz CT molecular complexity index is 1660. The van der Waals surface area contributed by atoms with Crippen LogP contribution in [0.15, 0.2) is 65.8 Å². The highest BCUT2D eigenvalue weighted by Crippen LogP contribution is 2.35. The molecule has 46 heavy (non-hydrogen) atoms. The predicted molar refractivity (Wildman–Crippen MR) is 177 cm³/mol. The molecule has 1 atom stereocenters. The van der Waals surface area contributed by atoms with Gasteiger partial charge in [0.15, 0.2) is 11.0 Å². The molecule has 0 bridgehead atoms. The number of amides is 2. The SMILES string of the molecule is CCOC(=O)c1sc(NC(=O)C(C)Sc2nnc(CNC(=O)Cc3ccccc3)n2CCc2ccccc2)c(C(=O)OCC)c1C. The van der Waals surface area contributed by atoms with Gasteiger partial charge in [-0.2, -0.15) is 0 Å². The first-order valence-electron chi connectivity index (χ1n) is 14.9. The predicted octanol–water partition coefficient (Wildman–Crippen LogP) is 5.22. The summed E-state index contributed by atoms with van der Waals surface area (Å²) >= 11 is 2.17. The number of thioether (sulfide) groups is 1. The molecule has 0 fully saturated rings. The molecule has 0 aliphatic carbocycles. The summed E-state index contributed by atoms with van der Waals surface area (Å²) in [5.41, 5.74) is 2.54. The summed E-state index contributed by atoms with van der Waals surface area (Å²) in [7, 11) is 0. The number of nitrogens with one attached hydrogen (secondary N) is 2. The average Bonchev–Trinajstić information content (AvgIpc) is 3.59. The molecule has 4 rings (SSSR count). The smallest absolute Gasteiger partial charge is 0.348 e. The van der Waals surface area contributed by atoms with Crippen molar-refractivity contribution in [3.63, 3.8) is 0 Å². The monoisotopic (exact) mass is 663 g/mol. The second-order valence-corrected chi connectivity index (χ2v) is 12.5. The summed E-state index contributed by atoms with van der Waals surface area (Å²) in [6, 6.07) is 19.4. The highest BCUT2D eigenvalue weighted by Gasteiger charge is 2.29. The van der Waals surface area contributed by atoms with Crippen molar-refractivity contribution in [1.82, 2.24) is 20.1 Å². The number of esters is 2. The molecular formula is C33H37N5O6S2. The van der Waals surface area contributed by atoms with E-state index in [0.29, 0.717) is 29.5 Å². The first-order chi connectivity index (χ1) is 22.2. The van der Waals surface area contributed by atoms with Gasteiger partial charge in [0.25, 0.3) is 0 Å². The quantitative estimate of drug-likeness (QED) is 0.129. The summed E-state index contributed by atoms with van der Waals surface area (Å²) in [4.78, 5) is 51.7. The highest BCUT2D eigenvalue weighted by molar-refractivity contribution is 8.00. The van der Waals surface area contributed by atoms with Crippen LogP contribution < -0.4 is 10.6 Å². The van der Waals surface area contributed by atoms with Gasteiger partial charge in [0, 0.05) is 6.54 Å². The van der Waals surface area contributed by atoms with Gasteiger partial charge < -0.3 is 24.7 Å². The van der Waals surface area contributed by atoms with Gasteiger partial charge in [-0.05, 0) is 50.8 Å². The van der Waals surface area contributed by atoms with E-state index in [1.165, 1.54) is 11.8 Å². The van der Waals surface area contributed by atoms with E-state index in [2.05, 4.69) is 20.8 Å². The number of ether oxygens (including phenoxy) is 2. The second-order valence-electron chi connectivity index (χ2n) is 10.2.